The van der Waals surface area contributed by atoms with Crippen LogP contribution in [-0.4, -0.2) is 18.5 Å². The fourth-order valence-electron chi connectivity index (χ4n) is 5.82. The van der Waals surface area contributed by atoms with Crippen molar-refractivity contribution in [2.24, 2.45) is 22.7 Å². The molecule has 1 aliphatic heterocycles. The normalized spacial score (nSPS) is 43.5. The first-order valence-electron chi connectivity index (χ1n) is 9.75. The molecule has 2 heteroatoms. The second-order valence-electron chi connectivity index (χ2n) is 8.86. The first kappa shape index (κ1) is 16.8. The van der Waals surface area contributed by atoms with Crippen LogP contribution in [0.2, 0.25) is 0 Å². The van der Waals surface area contributed by atoms with Gasteiger partial charge in [0, 0.05) is 6.42 Å². The molecule has 0 aromatic heterocycles. The summed E-state index contributed by atoms with van der Waals surface area (Å²) < 4.78 is 12.9. The van der Waals surface area contributed by atoms with E-state index in [0.717, 1.165) is 18.3 Å². The molecule has 0 spiro atoms. The van der Waals surface area contributed by atoms with Gasteiger partial charge in [-0.05, 0) is 48.3 Å². The van der Waals surface area contributed by atoms with Crippen LogP contribution in [0.15, 0.2) is 0 Å². The molecule has 0 aromatic carbocycles. The molecule has 2 aliphatic carbocycles. The van der Waals surface area contributed by atoms with Crippen LogP contribution in [0, 0.1) is 22.7 Å². The van der Waals surface area contributed by atoms with Crippen LogP contribution in [0.1, 0.15) is 86.0 Å². The first-order valence-corrected chi connectivity index (χ1v) is 9.75. The maximum absolute atomic E-state index is 6.49. The summed E-state index contributed by atoms with van der Waals surface area (Å²) in [6.45, 7) is 11.9. The molecular weight excluding hydrogens is 272 g/mol. The zero-order valence-electron chi connectivity index (χ0n) is 15.4. The highest BCUT2D eigenvalue weighted by Gasteiger charge is 2.69. The summed E-state index contributed by atoms with van der Waals surface area (Å²) in [5.74, 6) is 1.59. The third kappa shape index (κ3) is 2.45. The Bertz CT molecular complexity index is 391. The lowest BCUT2D eigenvalue weighted by atomic mass is 9.70. The fourth-order valence-corrected chi connectivity index (χ4v) is 5.82. The van der Waals surface area contributed by atoms with Gasteiger partial charge < -0.3 is 9.47 Å². The second-order valence-corrected chi connectivity index (χ2v) is 8.86. The smallest absolute Gasteiger partial charge is 0.158 e. The maximum atomic E-state index is 6.49. The van der Waals surface area contributed by atoms with Crippen LogP contribution in [0.4, 0.5) is 0 Å². The summed E-state index contributed by atoms with van der Waals surface area (Å²) in [5, 5.41) is 0. The zero-order valence-corrected chi connectivity index (χ0v) is 15.4. The van der Waals surface area contributed by atoms with Crippen molar-refractivity contribution >= 4 is 0 Å². The van der Waals surface area contributed by atoms with E-state index in [1.807, 2.05) is 0 Å². The van der Waals surface area contributed by atoms with Crippen molar-refractivity contribution < 1.29 is 9.47 Å². The second kappa shape index (κ2) is 6.09. The molecule has 3 aliphatic rings. The van der Waals surface area contributed by atoms with E-state index in [4.69, 9.17) is 9.47 Å². The van der Waals surface area contributed by atoms with E-state index in [2.05, 4.69) is 34.6 Å². The summed E-state index contributed by atoms with van der Waals surface area (Å²) in [6.07, 6.45) is 10.9. The van der Waals surface area contributed by atoms with Gasteiger partial charge in [0.05, 0.1) is 12.2 Å². The van der Waals surface area contributed by atoms with E-state index in [1.165, 1.54) is 44.9 Å². The van der Waals surface area contributed by atoms with Gasteiger partial charge in [-0.1, -0.05) is 53.9 Å². The molecule has 0 amide bonds. The SMILES string of the molecule is CCCC[C@H](CCC)O[C@@H]1C[C@H]2[C@H]3CC[C@@](C)([C@H]2O1)C3(C)C. The van der Waals surface area contributed by atoms with Crippen LogP contribution in [0.3, 0.4) is 0 Å². The highest BCUT2D eigenvalue weighted by Crippen LogP contribution is 2.71. The van der Waals surface area contributed by atoms with Gasteiger partial charge in [0.25, 0.3) is 0 Å². The molecule has 1 heterocycles. The van der Waals surface area contributed by atoms with Gasteiger partial charge >= 0.3 is 0 Å². The molecule has 0 radical (unpaired) electrons. The lowest BCUT2D eigenvalue weighted by molar-refractivity contribution is -0.188. The molecule has 1 saturated heterocycles. The predicted molar refractivity (Wildman–Crippen MR) is 90.7 cm³/mol. The monoisotopic (exact) mass is 308 g/mol. The standard InChI is InChI=1S/C20H36O2/c1-6-8-10-14(9-7-2)21-17-13-15-16-11-12-20(5,18(15)22-17)19(16,3)4/h14-18H,6-13H2,1-5H3/t14-,15-,16+,17-,18-,20-/m0/s1. The van der Waals surface area contributed by atoms with Gasteiger partial charge in [0.15, 0.2) is 6.29 Å². The quantitative estimate of drug-likeness (QED) is 0.614. The van der Waals surface area contributed by atoms with Crippen LogP contribution in [0.25, 0.3) is 0 Å². The van der Waals surface area contributed by atoms with Crippen LogP contribution in [0.5, 0.6) is 0 Å². The third-order valence-corrected chi connectivity index (χ3v) is 7.50. The molecule has 3 rings (SSSR count). The van der Waals surface area contributed by atoms with Crippen molar-refractivity contribution in [1.82, 2.24) is 0 Å². The molecule has 2 bridgehead atoms. The minimum Gasteiger partial charge on any atom is -0.349 e. The van der Waals surface area contributed by atoms with Crippen molar-refractivity contribution in [2.45, 2.75) is 104 Å². The van der Waals surface area contributed by atoms with E-state index >= 15 is 0 Å². The molecule has 6 atom stereocenters. The minimum atomic E-state index is 0.0689. The summed E-state index contributed by atoms with van der Waals surface area (Å²) in [7, 11) is 0. The van der Waals surface area contributed by atoms with Gasteiger partial charge in [-0.3, -0.25) is 0 Å². The number of hydrogen-bond acceptors (Lipinski definition) is 2. The Morgan fingerprint density at radius 1 is 1.14 bits per heavy atom. The van der Waals surface area contributed by atoms with Crippen molar-refractivity contribution in [3.8, 4) is 0 Å². The molecule has 2 nitrogen and oxygen atoms in total. The van der Waals surface area contributed by atoms with E-state index in [9.17, 15) is 0 Å². The Morgan fingerprint density at radius 2 is 1.91 bits per heavy atom. The van der Waals surface area contributed by atoms with E-state index in [0.29, 0.717) is 23.0 Å². The molecular formula is C20H36O2. The van der Waals surface area contributed by atoms with Gasteiger partial charge in [0.1, 0.15) is 0 Å². The first-order chi connectivity index (χ1) is 10.4. The highest BCUT2D eigenvalue weighted by molar-refractivity contribution is 5.16. The molecule has 22 heavy (non-hydrogen) atoms. The van der Waals surface area contributed by atoms with Crippen molar-refractivity contribution in [3.63, 3.8) is 0 Å². The van der Waals surface area contributed by atoms with E-state index < -0.39 is 0 Å². The molecule has 2 saturated carbocycles. The molecule has 3 fully saturated rings. The topological polar surface area (TPSA) is 18.5 Å². The number of fused-ring (bicyclic) bond motifs is 5. The van der Waals surface area contributed by atoms with E-state index in [-0.39, 0.29) is 6.29 Å². The number of ether oxygens (including phenoxy) is 2. The Morgan fingerprint density at radius 3 is 2.55 bits per heavy atom. The Hall–Kier alpha value is -0.0800. The van der Waals surface area contributed by atoms with Crippen LogP contribution >= 0.6 is 0 Å². The van der Waals surface area contributed by atoms with Gasteiger partial charge in [0.2, 0.25) is 0 Å². The predicted octanol–water partition coefficient (Wildman–Crippen LogP) is 5.55. The van der Waals surface area contributed by atoms with Crippen molar-refractivity contribution in [1.29, 1.82) is 0 Å². The number of rotatable bonds is 7. The summed E-state index contributed by atoms with van der Waals surface area (Å²) in [4.78, 5) is 0. The van der Waals surface area contributed by atoms with Crippen LogP contribution < -0.4 is 0 Å². The minimum absolute atomic E-state index is 0.0689. The highest BCUT2D eigenvalue weighted by atomic mass is 16.7. The lowest BCUT2D eigenvalue weighted by Crippen LogP contribution is -2.38. The van der Waals surface area contributed by atoms with E-state index in [1.54, 1.807) is 0 Å². The van der Waals surface area contributed by atoms with Crippen molar-refractivity contribution in [3.05, 3.63) is 0 Å². The summed E-state index contributed by atoms with van der Waals surface area (Å²) in [5.41, 5.74) is 0.808. The zero-order chi connectivity index (χ0) is 16.0. The summed E-state index contributed by atoms with van der Waals surface area (Å²) in [6, 6.07) is 0. The molecule has 128 valence electrons. The largest absolute Gasteiger partial charge is 0.349 e. The Labute approximate surface area is 137 Å². The number of unbranched alkanes of at least 4 members (excludes halogenated alkanes) is 1. The van der Waals surface area contributed by atoms with Crippen LogP contribution in [-0.2, 0) is 9.47 Å². The third-order valence-electron chi connectivity index (χ3n) is 7.50. The fraction of sp³-hybridized carbons (Fsp3) is 1.00. The average molecular weight is 309 g/mol. The molecule has 0 unspecified atom stereocenters. The Balaban J connectivity index is 1.62. The summed E-state index contributed by atoms with van der Waals surface area (Å²) >= 11 is 0. The average Bonchev–Trinajstić information content (AvgIpc) is 3.02. The van der Waals surface area contributed by atoms with Gasteiger partial charge in [-0.15, -0.1) is 0 Å². The molecule has 0 N–H and O–H groups in total. The Kier molecular flexibility index (Phi) is 4.64. The van der Waals surface area contributed by atoms with Crippen molar-refractivity contribution in [2.75, 3.05) is 0 Å². The number of hydrogen-bond donors (Lipinski definition) is 0. The molecule has 0 aromatic rings. The maximum Gasteiger partial charge on any atom is 0.158 e. The van der Waals surface area contributed by atoms with Gasteiger partial charge in [-0.25, -0.2) is 0 Å². The van der Waals surface area contributed by atoms with Gasteiger partial charge in [-0.2, -0.15) is 0 Å². The lowest BCUT2D eigenvalue weighted by Gasteiger charge is -2.39.